The van der Waals surface area contributed by atoms with Crippen LogP contribution in [-0.4, -0.2) is 151 Å². The zero-order valence-electron chi connectivity index (χ0n) is 28.0. The average molecular weight is 766 g/mol. The van der Waals surface area contributed by atoms with E-state index >= 15 is 0 Å². The molecular weight excluding hydrogens is 721 g/mol. The van der Waals surface area contributed by atoms with Crippen molar-refractivity contribution in [3.8, 4) is 0 Å². The lowest BCUT2D eigenvalue weighted by molar-refractivity contribution is -0.206. The summed E-state index contributed by atoms with van der Waals surface area (Å²) in [5.41, 5.74) is 6.40. The third kappa shape index (κ3) is 11.5. The third-order valence-corrected chi connectivity index (χ3v) is 8.26. The summed E-state index contributed by atoms with van der Waals surface area (Å²) in [6.07, 6.45) is -4.78. The molecule has 0 bridgehead atoms. The highest BCUT2D eigenvalue weighted by molar-refractivity contribution is 7.46. The lowest BCUT2D eigenvalue weighted by Crippen LogP contribution is -2.60. The van der Waals surface area contributed by atoms with E-state index in [1.807, 2.05) is 0 Å². The van der Waals surface area contributed by atoms with Crippen LogP contribution in [0.1, 0.15) is 32.4 Å². The van der Waals surface area contributed by atoms with Crippen molar-refractivity contribution < 1.29 is 77.3 Å². The van der Waals surface area contributed by atoms with Gasteiger partial charge in [-0.25, -0.2) is 19.5 Å². The van der Waals surface area contributed by atoms with E-state index in [1.165, 1.54) is 24.1 Å². The number of aromatic nitrogens is 4. The fourth-order valence-electron chi connectivity index (χ4n) is 5.27. The highest BCUT2D eigenvalue weighted by Gasteiger charge is 2.47. The summed E-state index contributed by atoms with van der Waals surface area (Å²) in [7, 11) is -4.85. The lowest BCUT2D eigenvalue weighted by Gasteiger charge is -2.39. The first kappa shape index (κ1) is 41.2. The van der Waals surface area contributed by atoms with E-state index in [0.717, 1.165) is 0 Å². The summed E-state index contributed by atoms with van der Waals surface area (Å²) in [5, 5.41) is 45.5. The molecule has 0 spiro atoms. The predicted octanol–water partition coefficient (Wildman–Crippen LogP) is -2.56. The van der Waals surface area contributed by atoms with Crippen LogP contribution in [0.25, 0.3) is 11.2 Å². The van der Waals surface area contributed by atoms with Crippen molar-refractivity contribution >= 4 is 36.6 Å². The van der Waals surface area contributed by atoms with Gasteiger partial charge in [0.1, 0.15) is 61.5 Å². The quantitative estimate of drug-likeness (QED) is 0.0290. The molecule has 0 aliphatic carbocycles. The van der Waals surface area contributed by atoms with E-state index in [-0.39, 0.29) is 74.8 Å². The molecule has 8 atom stereocenters. The van der Waals surface area contributed by atoms with Gasteiger partial charge in [-0.05, 0) is 12.8 Å². The van der Waals surface area contributed by atoms with E-state index in [4.69, 9.17) is 43.9 Å². The predicted molar refractivity (Wildman–Crippen MR) is 172 cm³/mol. The minimum absolute atomic E-state index is 0.0872. The minimum Gasteiger partial charge on any atom is -0.512 e. The van der Waals surface area contributed by atoms with Gasteiger partial charge in [0.05, 0.1) is 39.4 Å². The summed E-state index contributed by atoms with van der Waals surface area (Å²) in [6.45, 7) is 1.03. The highest BCUT2D eigenvalue weighted by atomic mass is 31.2. The Balaban J connectivity index is 1.10. The molecule has 2 aliphatic heterocycles. The van der Waals surface area contributed by atoms with Gasteiger partial charge in [-0.2, -0.15) is 0 Å². The largest absolute Gasteiger partial charge is 0.512 e. The molecule has 2 aromatic heterocycles. The number of unbranched alkanes of at least 4 members (excludes halogenated alkanes) is 1. The molecule has 2 amide bonds. The molecular formula is C28H44N7O16P. The molecule has 2 aromatic rings. The van der Waals surface area contributed by atoms with Gasteiger partial charge in [0.25, 0.3) is 0 Å². The zero-order valence-corrected chi connectivity index (χ0v) is 28.9. The molecule has 10 N–H and O–H groups in total. The first-order chi connectivity index (χ1) is 24.8. The molecule has 2 fully saturated rings. The number of amides is 2. The van der Waals surface area contributed by atoms with Crippen molar-refractivity contribution in [3.05, 3.63) is 24.7 Å². The molecule has 24 heteroatoms. The van der Waals surface area contributed by atoms with Crippen molar-refractivity contribution in [2.75, 3.05) is 52.1 Å². The van der Waals surface area contributed by atoms with Crippen molar-refractivity contribution in [2.24, 2.45) is 0 Å². The number of rotatable bonds is 20. The highest BCUT2D eigenvalue weighted by Crippen LogP contribution is 2.39. The van der Waals surface area contributed by atoms with Crippen LogP contribution >= 0.6 is 7.82 Å². The Hall–Kier alpha value is -3.58. The van der Waals surface area contributed by atoms with Gasteiger partial charge in [0, 0.05) is 19.9 Å². The van der Waals surface area contributed by atoms with Gasteiger partial charge < -0.3 is 75.0 Å². The number of hydrogen-bond donors (Lipinski definition) is 9. The number of carbonyl (C=O) groups excluding carboxylic acids is 2. The Labute approximate surface area is 296 Å². The summed E-state index contributed by atoms with van der Waals surface area (Å²) >= 11 is 0. The van der Waals surface area contributed by atoms with E-state index in [2.05, 4.69) is 30.1 Å². The Morgan fingerprint density at radius 2 is 1.83 bits per heavy atom. The molecule has 2 saturated heterocycles. The molecule has 52 heavy (non-hydrogen) atoms. The molecule has 4 rings (SSSR count). The number of ether oxygens (including phenoxy) is 6. The minimum atomic E-state index is -4.85. The molecule has 0 saturated carbocycles. The fraction of sp³-hybridized carbons (Fsp3) is 0.679. The maximum absolute atomic E-state index is 12.2. The zero-order chi connectivity index (χ0) is 37.8. The van der Waals surface area contributed by atoms with Gasteiger partial charge in [-0.15, -0.1) is 0 Å². The fourth-order valence-corrected chi connectivity index (χ4v) is 5.61. The van der Waals surface area contributed by atoms with E-state index in [9.17, 15) is 34.6 Å². The van der Waals surface area contributed by atoms with Crippen LogP contribution in [0.4, 0.5) is 5.82 Å². The van der Waals surface area contributed by atoms with Gasteiger partial charge in [-0.1, -0.05) is 0 Å². The lowest BCUT2D eigenvalue weighted by atomic mass is 10.0. The maximum Gasteiger partial charge on any atom is 0.469 e. The van der Waals surface area contributed by atoms with E-state index < -0.39 is 69.4 Å². The maximum atomic E-state index is 12.2. The first-order valence-corrected chi connectivity index (χ1v) is 17.6. The SMILES string of the molecule is CC(=O)N[C@H]1[C@H](OCCCCC(=O)NCCOCCOCO[C@@H]2[C@H](O)[C@@H](COP(=O)(O)O)O[C@H]2n2cnc3c(N)ncnc32)O/C(=C/O)C(O)[C@@H]1O. The standard InChI is InChI=1S/C28H44N7O16P/c1-15(37)34-19-23(41)21(39)16(10-36)51-28(19)47-6-3-2-4-18(38)30-5-7-45-8-9-46-14-48-24-22(40)17(11-49-52(42,43)44)50-27(24)35-13-33-20-25(29)31-12-32-26(20)35/h10,12-13,17,19,21-24,27-28,36,39-41H,2-9,11,14H2,1H3,(H,30,38)(H,34,37)(H2,29,31,32)(H2,42,43,44)/b16-10+/t17-,19-,21?,22-,23-,24-,27-,28-/m1/s1. The molecule has 1 unspecified atom stereocenters. The summed E-state index contributed by atoms with van der Waals surface area (Å²) in [6, 6.07) is -1.08. The summed E-state index contributed by atoms with van der Waals surface area (Å²) in [5.74, 6) is -0.899. The second-order valence-corrected chi connectivity index (χ2v) is 12.8. The Morgan fingerprint density at radius 3 is 2.56 bits per heavy atom. The number of nitrogen functional groups attached to an aromatic ring is 1. The summed E-state index contributed by atoms with van der Waals surface area (Å²) < 4.78 is 50.6. The number of carbonyl (C=O) groups is 2. The number of fused-ring (bicyclic) bond motifs is 1. The second kappa shape index (κ2) is 19.5. The van der Waals surface area contributed by atoms with Crippen molar-refractivity contribution in [3.63, 3.8) is 0 Å². The number of nitrogens with zero attached hydrogens (tertiary/aromatic N) is 4. The van der Waals surface area contributed by atoms with E-state index in [0.29, 0.717) is 19.1 Å². The van der Waals surface area contributed by atoms with Crippen molar-refractivity contribution in [1.29, 1.82) is 0 Å². The van der Waals surface area contributed by atoms with Crippen molar-refractivity contribution in [1.82, 2.24) is 30.2 Å². The van der Waals surface area contributed by atoms with Crippen LogP contribution < -0.4 is 16.4 Å². The molecule has 292 valence electrons. The Morgan fingerprint density at radius 1 is 1.06 bits per heavy atom. The van der Waals surface area contributed by atoms with Crippen LogP contribution in [0.5, 0.6) is 0 Å². The average Bonchev–Trinajstić information content (AvgIpc) is 3.66. The van der Waals surface area contributed by atoms with Crippen LogP contribution in [0.2, 0.25) is 0 Å². The number of anilines is 1. The normalized spacial score (nSPS) is 27.2. The smallest absolute Gasteiger partial charge is 0.469 e. The Kier molecular flexibility index (Phi) is 15.4. The number of nitrogens with one attached hydrogen (secondary N) is 2. The second-order valence-electron chi connectivity index (χ2n) is 11.6. The van der Waals surface area contributed by atoms with E-state index in [1.54, 1.807) is 0 Å². The third-order valence-electron chi connectivity index (χ3n) is 7.77. The number of phosphoric acid groups is 1. The van der Waals surface area contributed by atoms with Gasteiger partial charge in [-0.3, -0.25) is 18.7 Å². The monoisotopic (exact) mass is 765 g/mol. The van der Waals surface area contributed by atoms with Crippen LogP contribution in [0.3, 0.4) is 0 Å². The van der Waals surface area contributed by atoms with Gasteiger partial charge in [0.2, 0.25) is 18.1 Å². The summed E-state index contributed by atoms with van der Waals surface area (Å²) in [4.78, 5) is 54.0. The van der Waals surface area contributed by atoms with Gasteiger partial charge in [0.15, 0.2) is 23.5 Å². The number of nitrogens with two attached hydrogens (primary N) is 1. The topological polar surface area (TPSA) is 331 Å². The number of imidazole rings is 1. The molecule has 2 aliphatic rings. The molecule has 0 radical (unpaired) electrons. The number of aliphatic hydroxyl groups excluding tert-OH is 4. The molecule has 23 nitrogen and oxygen atoms in total. The van der Waals surface area contributed by atoms with Crippen LogP contribution in [-0.2, 0) is 47.1 Å². The number of phosphoric ester groups is 1. The van der Waals surface area contributed by atoms with Crippen molar-refractivity contribution in [2.45, 2.75) is 75.3 Å². The van der Waals surface area contributed by atoms with Gasteiger partial charge >= 0.3 is 7.82 Å². The molecule has 4 heterocycles. The first-order valence-electron chi connectivity index (χ1n) is 16.1. The molecule has 0 aromatic carbocycles. The van der Waals surface area contributed by atoms with Crippen LogP contribution in [0.15, 0.2) is 24.7 Å². The van der Waals surface area contributed by atoms with Crippen LogP contribution in [0, 0.1) is 0 Å². The Bertz CT molecular complexity index is 1540. The number of aliphatic hydroxyl groups is 4. The number of hydrogen-bond acceptors (Lipinski definition) is 18.